The maximum atomic E-state index is 14.1. The molecule has 0 bridgehead atoms. The van der Waals surface area contributed by atoms with Crippen LogP contribution in [0.25, 0.3) is 10.8 Å². The van der Waals surface area contributed by atoms with Gasteiger partial charge in [-0.05, 0) is 47.7 Å². The van der Waals surface area contributed by atoms with Gasteiger partial charge in [-0.15, -0.1) is 0 Å². The average Bonchev–Trinajstić information content (AvgIpc) is 3.21. The first-order valence-corrected chi connectivity index (χ1v) is 13.5. The zero-order valence-corrected chi connectivity index (χ0v) is 22.9. The van der Waals surface area contributed by atoms with Crippen LogP contribution >= 0.6 is 23.2 Å². The van der Waals surface area contributed by atoms with Crippen LogP contribution in [0.3, 0.4) is 0 Å². The summed E-state index contributed by atoms with van der Waals surface area (Å²) in [6.45, 7) is 2.16. The van der Waals surface area contributed by atoms with Gasteiger partial charge in [0, 0.05) is 30.5 Å². The summed E-state index contributed by atoms with van der Waals surface area (Å²) in [5.41, 5.74) is 2.89. The van der Waals surface area contributed by atoms with Gasteiger partial charge in [0.2, 0.25) is 11.8 Å². The van der Waals surface area contributed by atoms with E-state index in [1.54, 1.807) is 24.3 Å². The number of amides is 3. The van der Waals surface area contributed by atoms with Crippen molar-refractivity contribution in [1.29, 1.82) is 0 Å². The van der Waals surface area contributed by atoms with E-state index >= 15 is 0 Å². The van der Waals surface area contributed by atoms with Crippen molar-refractivity contribution in [3.8, 4) is 0 Å². The highest BCUT2D eigenvalue weighted by Crippen LogP contribution is 2.37. The van der Waals surface area contributed by atoms with Crippen LogP contribution in [0, 0.1) is 0 Å². The molecule has 0 spiro atoms. The molecule has 0 radical (unpaired) electrons. The van der Waals surface area contributed by atoms with Gasteiger partial charge in [-0.3, -0.25) is 19.3 Å². The maximum absolute atomic E-state index is 14.1. The van der Waals surface area contributed by atoms with Crippen LogP contribution in [-0.4, -0.2) is 41.8 Å². The third-order valence-corrected chi connectivity index (χ3v) is 7.64. The van der Waals surface area contributed by atoms with Crippen LogP contribution in [0.2, 0.25) is 10.0 Å². The zero-order chi connectivity index (χ0) is 27.5. The van der Waals surface area contributed by atoms with Gasteiger partial charge in [0.05, 0.1) is 15.7 Å². The molecule has 1 aliphatic heterocycles. The Kier molecular flexibility index (Phi) is 7.87. The molecule has 6 nitrogen and oxygen atoms in total. The molecule has 39 heavy (non-hydrogen) atoms. The van der Waals surface area contributed by atoms with Gasteiger partial charge in [0.15, 0.2) is 0 Å². The van der Waals surface area contributed by atoms with Crippen LogP contribution < -0.4 is 10.2 Å². The normalized spacial score (nSPS) is 13.0. The Morgan fingerprint density at radius 1 is 0.897 bits per heavy atom. The molecule has 1 atom stereocenters. The minimum Gasteiger partial charge on any atom is -0.355 e. The minimum atomic E-state index is -0.815. The van der Waals surface area contributed by atoms with Crippen LogP contribution in [0.1, 0.15) is 28.4 Å². The van der Waals surface area contributed by atoms with Gasteiger partial charge in [0.1, 0.15) is 12.6 Å². The topological polar surface area (TPSA) is 69.7 Å². The molecule has 0 saturated heterocycles. The third-order valence-electron chi connectivity index (χ3n) is 6.90. The summed E-state index contributed by atoms with van der Waals surface area (Å²) in [5.74, 6) is -0.860. The summed E-state index contributed by atoms with van der Waals surface area (Å²) < 4.78 is 0. The number of hydrogen-bond donors (Lipinski definition) is 1. The molecule has 5 rings (SSSR count). The van der Waals surface area contributed by atoms with Gasteiger partial charge in [-0.1, -0.05) is 83.9 Å². The second-order valence-electron chi connectivity index (χ2n) is 9.44. The summed E-state index contributed by atoms with van der Waals surface area (Å²) in [6, 6.07) is 25.1. The van der Waals surface area contributed by atoms with Crippen molar-refractivity contribution < 1.29 is 14.4 Å². The van der Waals surface area contributed by atoms with Crippen molar-refractivity contribution in [3.63, 3.8) is 0 Å². The molecule has 0 saturated carbocycles. The molecule has 8 heteroatoms. The van der Waals surface area contributed by atoms with E-state index in [4.69, 9.17) is 23.2 Å². The summed E-state index contributed by atoms with van der Waals surface area (Å²) >= 11 is 12.4. The highest BCUT2D eigenvalue weighted by atomic mass is 35.5. The zero-order valence-electron chi connectivity index (χ0n) is 21.4. The number of benzene rings is 4. The monoisotopic (exact) mass is 559 g/mol. The Bertz CT molecular complexity index is 1550. The highest BCUT2D eigenvalue weighted by Gasteiger charge is 2.35. The van der Waals surface area contributed by atoms with Crippen molar-refractivity contribution in [2.24, 2.45) is 0 Å². The van der Waals surface area contributed by atoms with Crippen LogP contribution in [0.4, 0.5) is 5.69 Å². The Balaban J connectivity index is 1.52. The van der Waals surface area contributed by atoms with E-state index in [0.717, 1.165) is 21.9 Å². The summed E-state index contributed by atoms with van der Waals surface area (Å²) in [5, 5.41) is 5.40. The smallest absolute Gasteiger partial charge is 0.259 e. The van der Waals surface area contributed by atoms with E-state index in [-0.39, 0.29) is 30.8 Å². The lowest BCUT2D eigenvalue weighted by atomic mass is 10.0. The molecule has 1 unspecified atom stereocenters. The Hall–Kier alpha value is -3.87. The van der Waals surface area contributed by atoms with Gasteiger partial charge >= 0.3 is 0 Å². The fourth-order valence-electron chi connectivity index (χ4n) is 5.04. The van der Waals surface area contributed by atoms with E-state index in [0.29, 0.717) is 34.3 Å². The average molecular weight is 560 g/mol. The van der Waals surface area contributed by atoms with E-state index < -0.39 is 6.04 Å². The number of likely N-dealkylation sites (N-methyl/N-ethyl adjacent to an activating group) is 1. The third kappa shape index (κ3) is 5.49. The molecule has 4 aromatic rings. The largest absolute Gasteiger partial charge is 0.355 e. The van der Waals surface area contributed by atoms with E-state index in [1.165, 1.54) is 9.80 Å². The fourth-order valence-corrected chi connectivity index (χ4v) is 5.36. The molecule has 3 amide bonds. The fraction of sp³-hybridized carbons (Fsp3) is 0.194. The second kappa shape index (κ2) is 11.5. The number of hydrogen-bond acceptors (Lipinski definition) is 3. The number of rotatable bonds is 9. The first-order valence-electron chi connectivity index (χ1n) is 12.8. The summed E-state index contributed by atoms with van der Waals surface area (Å²) in [6.07, 6.45) is 0.309. The molecule has 1 heterocycles. The van der Waals surface area contributed by atoms with E-state index in [1.807, 2.05) is 67.6 Å². The summed E-state index contributed by atoms with van der Waals surface area (Å²) in [4.78, 5) is 44.0. The van der Waals surface area contributed by atoms with Gasteiger partial charge in [-0.2, -0.15) is 0 Å². The number of carbonyl (C=O) groups excluding carboxylic acids is 3. The van der Waals surface area contributed by atoms with E-state index in [9.17, 15) is 14.4 Å². The lowest BCUT2D eigenvalue weighted by Gasteiger charge is -2.33. The van der Waals surface area contributed by atoms with Gasteiger partial charge in [0.25, 0.3) is 5.91 Å². The second-order valence-corrected chi connectivity index (χ2v) is 10.3. The number of carbonyl (C=O) groups is 3. The standard InChI is InChI=1S/C31H27Cl2N3O3/c1-2-34-30(38)27(17-20-8-4-3-5-9-20)35(18-21-14-15-24(32)25(33)16-21)28(37)19-36-26-13-7-11-22-10-6-12-23(29(22)26)31(36)39/h3-16,27H,2,17-19H2,1H3,(H,34,38). The van der Waals surface area contributed by atoms with Crippen LogP contribution in [0.15, 0.2) is 84.9 Å². The molecular weight excluding hydrogens is 533 g/mol. The lowest BCUT2D eigenvalue weighted by Crippen LogP contribution is -2.53. The van der Waals surface area contributed by atoms with Crippen LogP contribution in [0.5, 0.6) is 0 Å². The number of nitrogens with zero attached hydrogens (tertiary/aromatic N) is 2. The molecule has 198 valence electrons. The Morgan fingerprint density at radius 3 is 2.36 bits per heavy atom. The van der Waals surface area contributed by atoms with Crippen molar-refractivity contribution in [2.75, 3.05) is 18.0 Å². The molecule has 4 aromatic carbocycles. The van der Waals surface area contributed by atoms with Crippen molar-refractivity contribution >= 4 is 57.4 Å². The molecule has 0 aromatic heterocycles. The minimum absolute atomic E-state index is 0.115. The first-order chi connectivity index (χ1) is 18.9. The molecule has 1 N–H and O–H groups in total. The molecular formula is C31H27Cl2N3O3. The molecule has 0 fully saturated rings. The summed E-state index contributed by atoms with van der Waals surface area (Å²) in [7, 11) is 0. The van der Waals surface area contributed by atoms with Gasteiger partial charge < -0.3 is 10.2 Å². The SMILES string of the molecule is CCNC(=O)C(Cc1ccccc1)N(Cc1ccc(Cl)c(Cl)c1)C(=O)CN1C(=O)c2cccc3cccc1c23. The molecule has 1 aliphatic rings. The Morgan fingerprint density at radius 2 is 1.64 bits per heavy atom. The van der Waals surface area contributed by atoms with Crippen LogP contribution in [-0.2, 0) is 22.6 Å². The maximum Gasteiger partial charge on any atom is 0.259 e. The quantitative estimate of drug-likeness (QED) is 0.278. The predicted molar refractivity (Wildman–Crippen MR) is 155 cm³/mol. The number of halogens is 2. The number of anilines is 1. The molecule has 0 aliphatic carbocycles. The van der Waals surface area contributed by atoms with Gasteiger partial charge in [-0.25, -0.2) is 0 Å². The Labute approximate surface area is 237 Å². The number of nitrogens with one attached hydrogen (secondary N) is 1. The first kappa shape index (κ1) is 26.7. The lowest BCUT2D eigenvalue weighted by molar-refractivity contribution is -0.140. The highest BCUT2D eigenvalue weighted by molar-refractivity contribution is 6.42. The van der Waals surface area contributed by atoms with Crippen molar-refractivity contribution in [2.45, 2.75) is 25.9 Å². The van der Waals surface area contributed by atoms with Crippen molar-refractivity contribution in [1.82, 2.24) is 10.2 Å². The predicted octanol–water partition coefficient (Wildman–Crippen LogP) is 5.88. The van der Waals surface area contributed by atoms with E-state index in [2.05, 4.69) is 5.32 Å². The van der Waals surface area contributed by atoms with Crippen molar-refractivity contribution in [3.05, 3.63) is 112 Å².